The summed E-state index contributed by atoms with van der Waals surface area (Å²) in [4.78, 5) is 37.6. The second-order valence-corrected chi connectivity index (χ2v) is 7.73. The Hall–Kier alpha value is -2.47. The Morgan fingerprint density at radius 2 is 2.07 bits per heavy atom. The van der Waals surface area contributed by atoms with E-state index in [4.69, 9.17) is 9.15 Å². The van der Waals surface area contributed by atoms with Crippen molar-refractivity contribution >= 4 is 57.5 Å². The number of methoxy groups -OCH3 is 2. The highest BCUT2D eigenvalue weighted by Gasteiger charge is 2.35. The monoisotopic (exact) mass is 515 g/mol. The van der Waals surface area contributed by atoms with Crippen LogP contribution in [0.4, 0.5) is 4.79 Å². The Morgan fingerprint density at radius 3 is 2.75 bits per heavy atom. The molecule has 1 aliphatic heterocycles. The third-order valence-corrected chi connectivity index (χ3v) is 5.53. The lowest BCUT2D eigenvalue weighted by Gasteiger charge is -2.10. The number of hydrogen-bond donors (Lipinski definition) is 1. The Balaban J connectivity index is 1.82. The quantitative estimate of drug-likeness (QED) is 0.366. The summed E-state index contributed by atoms with van der Waals surface area (Å²) in [5, 5.41) is 9.46. The molecule has 1 aromatic heterocycles. The van der Waals surface area contributed by atoms with Crippen LogP contribution in [0.5, 0.6) is 11.5 Å². The van der Waals surface area contributed by atoms with Gasteiger partial charge in [0, 0.05) is 0 Å². The maximum Gasteiger partial charge on any atom is 0.373 e. The highest BCUT2D eigenvalue weighted by Crippen LogP contribution is 2.37. The lowest BCUT2D eigenvalue weighted by atomic mass is 10.2. The molecule has 10 heteroatoms. The predicted molar refractivity (Wildman–Crippen MR) is 109 cm³/mol. The highest BCUT2D eigenvalue weighted by atomic mass is 127. The number of furan rings is 1. The van der Waals surface area contributed by atoms with Gasteiger partial charge in [0.2, 0.25) is 5.76 Å². The second kappa shape index (κ2) is 8.27. The number of benzene rings is 1. The molecule has 0 radical (unpaired) electrons. The van der Waals surface area contributed by atoms with E-state index in [0.29, 0.717) is 9.13 Å². The maximum absolute atomic E-state index is 12.6. The van der Waals surface area contributed by atoms with Gasteiger partial charge in [-0.05, 0) is 70.3 Å². The van der Waals surface area contributed by atoms with E-state index in [1.807, 2.05) is 22.6 Å². The molecule has 1 saturated heterocycles. The number of imide groups is 1. The average molecular weight is 515 g/mol. The molecule has 1 N–H and O–H groups in total. The minimum atomic E-state index is -0.642. The lowest BCUT2D eigenvalue weighted by Crippen LogP contribution is -2.27. The molecule has 2 heterocycles. The molecule has 0 saturated carbocycles. The van der Waals surface area contributed by atoms with Crippen LogP contribution in [-0.2, 0) is 16.1 Å². The van der Waals surface area contributed by atoms with E-state index in [-0.39, 0.29) is 34.5 Å². The number of carbonyl (C=O) groups is 3. The molecule has 1 aliphatic rings. The summed E-state index contributed by atoms with van der Waals surface area (Å²) in [5.41, 5.74) is 0.607. The van der Waals surface area contributed by atoms with Gasteiger partial charge in [0.05, 0.1) is 29.2 Å². The number of ether oxygens (including phenoxy) is 2. The molecule has 0 spiro atoms. The number of amides is 2. The highest BCUT2D eigenvalue weighted by molar-refractivity contribution is 14.1. The van der Waals surface area contributed by atoms with Gasteiger partial charge in [-0.25, -0.2) is 4.79 Å². The zero-order chi connectivity index (χ0) is 20.4. The van der Waals surface area contributed by atoms with Crippen molar-refractivity contribution in [3.05, 3.63) is 49.8 Å². The molecule has 146 valence electrons. The van der Waals surface area contributed by atoms with E-state index in [0.717, 1.165) is 16.7 Å². The molecule has 2 aromatic rings. The Kier molecular flexibility index (Phi) is 5.98. The molecule has 1 fully saturated rings. The van der Waals surface area contributed by atoms with Crippen molar-refractivity contribution in [2.45, 2.75) is 6.54 Å². The normalized spacial score (nSPS) is 15.4. The first-order chi connectivity index (χ1) is 13.3. The molecule has 28 heavy (non-hydrogen) atoms. The van der Waals surface area contributed by atoms with Gasteiger partial charge in [0.15, 0.2) is 11.5 Å². The maximum atomic E-state index is 12.6. The molecule has 8 nitrogen and oxygen atoms in total. The summed E-state index contributed by atoms with van der Waals surface area (Å²) < 4.78 is 15.5. The molecule has 1 aromatic carbocycles. The minimum absolute atomic E-state index is 0.00702. The number of hydrogen-bond acceptors (Lipinski definition) is 8. The van der Waals surface area contributed by atoms with Gasteiger partial charge < -0.3 is 19.0 Å². The molecular formula is C18H14INO7S. The van der Waals surface area contributed by atoms with E-state index in [9.17, 15) is 19.5 Å². The molecule has 0 unspecified atom stereocenters. The van der Waals surface area contributed by atoms with Crippen molar-refractivity contribution in [1.29, 1.82) is 0 Å². The van der Waals surface area contributed by atoms with Crippen LogP contribution in [0.1, 0.15) is 21.9 Å². The zero-order valence-electron chi connectivity index (χ0n) is 14.7. The molecule has 0 bridgehead atoms. The second-order valence-electron chi connectivity index (χ2n) is 5.58. The lowest BCUT2D eigenvalue weighted by molar-refractivity contribution is -0.123. The summed E-state index contributed by atoms with van der Waals surface area (Å²) in [5.74, 6) is -0.573. The van der Waals surface area contributed by atoms with Crippen LogP contribution in [0, 0.1) is 3.57 Å². The zero-order valence-corrected chi connectivity index (χ0v) is 17.7. The van der Waals surface area contributed by atoms with Crippen LogP contribution in [0.3, 0.4) is 0 Å². The van der Waals surface area contributed by atoms with Crippen molar-refractivity contribution in [2.75, 3.05) is 14.2 Å². The Morgan fingerprint density at radius 1 is 1.32 bits per heavy atom. The van der Waals surface area contributed by atoms with Crippen molar-refractivity contribution in [3.8, 4) is 11.5 Å². The predicted octanol–water partition coefficient (Wildman–Crippen LogP) is 3.62. The number of carbonyl (C=O) groups excluding carboxylic acids is 3. The molecule has 3 rings (SSSR count). The summed E-state index contributed by atoms with van der Waals surface area (Å²) in [7, 11) is 2.65. The van der Waals surface area contributed by atoms with Crippen LogP contribution >= 0.6 is 34.4 Å². The fourth-order valence-corrected chi connectivity index (χ4v) is 3.91. The fraction of sp³-hybridized carbons (Fsp3) is 0.167. The third kappa shape index (κ3) is 4.02. The number of aromatic hydroxyl groups is 1. The van der Waals surface area contributed by atoms with E-state index in [2.05, 4.69) is 4.74 Å². The van der Waals surface area contributed by atoms with Gasteiger partial charge >= 0.3 is 5.97 Å². The van der Waals surface area contributed by atoms with Crippen molar-refractivity contribution in [3.63, 3.8) is 0 Å². The standard InChI is InChI=1S/C18H14INO7S/c1-25-13-6-9(5-11(19)15(13)21)7-14-16(22)20(18(24)28-14)8-10-3-4-12(27-10)17(23)26-2/h3-7,21H,8H2,1-2H3/b14-7+. The number of thioether (sulfide) groups is 1. The van der Waals surface area contributed by atoms with Gasteiger partial charge in [-0.3, -0.25) is 14.5 Å². The van der Waals surface area contributed by atoms with E-state index >= 15 is 0 Å². The van der Waals surface area contributed by atoms with Crippen LogP contribution in [0.25, 0.3) is 6.08 Å². The minimum Gasteiger partial charge on any atom is -0.504 e. The summed E-state index contributed by atoms with van der Waals surface area (Å²) in [6.07, 6.45) is 1.55. The first kappa shape index (κ1) is 20.3. The smallest absolute Gasteiger partial charge is 0.373 e. The van der Waals surface area contributed by atoms with Gasteiger partial charge in [0.25, 0.3) is 11.1 Å². The number of nitrogens with zero attached hydrogens (tertiary/aromatic N) is 1. The van der Waals surface area contributed by atoms with Crippen molar-refractivity contribution < 1.29 is 33.4 Å². The first-order valence-corrected chi connectivity index (χ1v) is 9.72. The van der Waals surface area contributed by atoms with E-state index < -0.39 is 17.1 Å². The number of esters is 1. The largest absolute Gasteiger partial charge is 0.504 e. The van der Waals surface area contributed by atoms with Crippen LogP contribution < -0.4 is 4.74 Å². The summed E-state index contributed by atoms with van der Waals surface area (Å²) in [6, 6.07) is 6.16. The number of phenols is 1. The molecule has 0 atom stereocenters. The average Bonchev–Trinajstić information content (AvgIpc) is 3.24. The number of rotatable bonds is 5. The Bertz CT molecular complexity index is 998. The number of phenolic OH excluding ortho intramolecular Hbond substituents is 1. The Labute approximate surface area is 177 Å². The number of halogens is 1. The van der Waals surface area contributed by atoms with Gasteiger partial charge in [-0.15, -0.1) is 0 Å². The summed E-state index contributed by atoms with van der Waals surface area (Å²) >= 11 is 2.74. The molecule has 0 aliphatic carbocycles. The first-order valence-electron chi connectivity index (χ1n) is 7.83. The van der Waals surface area contributed by atoms with Crippen LogP contribution in [-0.4, -0.2) is 41.3 Å². The molecule has 2 amide bonds. The third-order valence-electron chi connectivity index (χ3n) is 3.80. The van der Waals surface area contributed by atoms with Gasteiger partial charge in [0.1, 0.15) is 5.76 Å². The van der Waals surface area contributed by atoms with Gasteiger partial charge in [-0.2, -0.15) is 0 Å². The summed E-state index contributed by atoms with van der Waals surface area (Å²) in [6.45, 7) is -0.102. The fourth-order valence-electron chi connectivity index (χ4n) is 2.45. The van der Waals surface area contributed by atoms with Gasteiger partial charge in [-0.1, -0.05) is 0 Å². The SMILES string of the molecule is COC(=O)c1ccc(CN2C(=O)S/C(=C/c3cc(I)c(O)c(OC)c3)C2=O)o1. The van der Waals surface area contributed by atoms with Crippen molar-refractivity contribution in [2.24, 2.45) is 0 Å². The molecular weight excluding hydrogens is 501 g/mol. The van der Waals surface area contributed by atoms with Crippen LogP contribution in [0.2, 0.25) is 0 Å². The van der Waals surface area contributed by atoms with Crippen molar-refractivity contribution in [1.82, 2.24) is 4.90 Å². The topological polar surface area (TPSA) is 106 Å². The van der Waals surface area contributed by atoms with E-state index in [1.165, 1.54) is 26.4 Å². The van der Waals surface area contributed by atoms with E-state index in [1.54, 1.807) is 18.2 Å². The van der Waals surface area contributed by atoms with Crippen LogP contribution in [0.15, 0.2) is 33.6 Å².